The maximum absolute atomic E-state index is 10.9. The molecule has 0 fully saturated rings. The third-order valence-electron chi connectivity index (χ3n) is 2.78. The van der Waals surface area contributed by atoms with Crippen molar-refractivity contribution in [3.63, 3.8) is 0 Å². The van der Waals surface area contributed by atoms with Crippen LogP contribution in [0.1, 0.15) is 0 Å². The van der Waals surface area contributed by atoms with Gasteiger partial charge in [0.15, 0.2) is 0 Å². The number of benzene rings is 2. The average Bonchev–Trinajstić information content (AvgIpc) is 2.47. The lowest BCUT2D eigenvalue weighted by Crippen LogP contribution is -1.96. The standard InChI is InChI=1S/C14H15N3O2S/c1-15-11-6-12(8-13(7-11)17(18)19)16-10-4-3-5-14(9-10)20-2/h3-9,15-16H,1-2H3. The average molecular weight is 289 g/mol. The molecule has 0 radical (unpaired) electrons. The lowest BCUT2D eigenvalue weighted by atomic mass is 10.2. The van der Waals surface area contributed by atoms with Crippen LogP contribution in [0.5, 0.6) is 0 Å². The fraction of sp³-hybridized carbons (Fsp3) is 0.143. The SMILES string of the molecule is CNc1cc(Nc2cccc(SC)c2)cc([N+](=O)[O-])c1. The van der Waals surface area contributed by atoms with Gasteiger partial charge in [0.25, 0.3) is 5.69 Å². The van der Waals surface area contributed by atoms with Crippen LogP contribution in [0.3, 0.4) is 0 Å². The number of thioether (sulfide) groups is 1. The van der Waals surface area contributed by atoms with Crippen molar-refractivity contribution in [3.05, 3.63) is 52.6 Å². The molecule has 2 rings (SSSR count). The number of hydrogen-bond acceptors (Lipinski definition) is 5. The van der Waals surface area contributed by atoms with Gasteiger partial charge in [-0.25, -0.2) is 0 Å². The summed E-state index contributed by atoms with van der Waals surface area (Å²) in [4.78, 5) is 11.7. The van der Waals surface area contributed by atoms with Gasteiger partial charge >= 0.3 is 0 Å². The Morgan fingerprint density at radius 3 is 2.50 bits per heavy atom. The van der Waals surface area contributed by atoms with Crippen molar-refractivity contribution >= 4 is 34.5 Å². The van der Waals surface area contributed by atoms with Gasteiger partial charge < -0.3 is 10.6 Å². The molecular formula is C14H15N3O2S. The van der Waals surface area contributed by atoms with E-state index in [0.717, 1.165) is 10.6 Å². The minimum Gasteiger partial charge on any atom is -0.388 e. The number of hydrogen-bond donors (Lipinski definition) is 2. The van der Waals surface area contributed by atoms with Gasteiger partial charge in [-0.05, 0) is 30.5 Å². The topological polar surface area (TPSA) is 67.2 Å². The first kappa shape index (κ1) is 14.2. The number of nitrogens with zero attached hydrogens (tertiary/aromatic N) is 1. The van der Waals surface area contributed by atoms with Crippen LogP contribution in [0.2, 0.25) is 0 Å². The molecule has 0 aromatic heterocycles. The first-order chi connectivity index (χ1) is 9.62. The van der Waals surface area contributed by atoms with Crippen molar-refractivity contribution in [1.29, 1.82) is 0 Å². The summed E-state index contributed by atoms with van der Waals surface area (Å²) in [5, 5.41) is 17.0. The molecule has 0 heterocycles. The van der Waals surface area contributed by atoms with E-state index in [4.69, 9.17) is 0 Å². The van der Waals surface area contributed by atoms with Crippen LogP contribution in [-0.2, 0) is 0 Å². The summed E-state index contributed by atoms with van der Waals surface area (Å²) in [6.45, 7) is 0. The zero-order valence-corrected chi connectivity index (χ0v) is 12.0. The maximum Gasteiger partial charge on any atom is 0.273 e. The number of non-ortho nitro benzene ring substituents is 1. The number of anilines is 3. The summed E-state index contributed by atoms with van der Waals surface area (Å²) in [5.74, 6) is 0. The summed E-state index contributed by atoms with van der Waals surface area (Å²) in [5.41, 5.74) is 2.34. The van der Waals surface area contributed by atoms with Gasteiger partial charge in [-0.1, -0.05) is 6.07 Å². The Kier molecular flexibility index (Phi) is 4.47. The second kappa shape index (κ2) is 6.29. The van der Waals surface area contributed by atoms with E-state index in [2.05, 4.69) is 10.6 Å². The van der Waals surface area contributed by atoms with Crippen LogP contribution in [-0.4, -0.2) is 18.2 Å². The third kappa shape index (κ3) is 3.42. The predicted molar refractivity (Wildman–Crippen MR) is 84.1 cm³/mol. The third-order valence-corrected chi connectivity index (χ3v) is 3.50. The number of nitro benzene ring substituents is 1. The number of rotatable bonds is 5. The molecule has 104 valence electrons. The molecule has 0 amide bonds. The Morgan fingerprint density at radius 1 is 1.10 bits per heavy atom. The minimum absolute atomic E-state index is 0.0559. The Bertz CT molecular complexity index is 632. The van der Waals surface area contributed by atoms with Crippen molar-refractivity contribution in [3.8, 4) is 0 Å². The summed E-state index contributed by atoms with van der Waals surface area (Å²) < 4.78 is 0. The van der Waals surface area contributed by atoms with E-state index in [9.17, 15) is 10.1 Å². The predicted octanol–water partition coefficient (Wildman–Crippen LogP) is 4.10. The highest BCUT2D eigenvalue weighted by atomic mass is 32.2. The highest BCUT2D eigenvalue weighted by Gasteiger charge is 2.09. The second-order valence-electron chi connectivity index (χ2n) is 4.13. The monoisotopic (exact) mass is 289 g/mol. The lowest BCUT2D eigenvalue weighted by molar-refractivity contribution is -0.384. The molecule has 0 atom stereocenters. The van der Waals surface area contributed by atoms with Gasteiger partial charge in [0.1, 0.15) is 0 Å². The van der Waals surface area contributed by atoms with E-state index in [1.165, 1.54) is 12.1 Å². The van der Waals surface area contributed by atoms with Crippen LogP contribution in [0.25, 0.3) is 0 Å². The van der Waals surface area contributed by atoms with Crippen molar-refractivity contribution < 1.29 is 4.92 Å². The molecule has 0 saturated heterocycles. The largest absolute Gasteiger partial charge is 0.388 e. The van der Waals surface area contributed by atoms with Crippen LogP contribution in [0, 0.1) is 10.1 Å². The smallest absolute Gasteiger partial charge is 0.273 e. The highest BCUT2D eigenvalue weighted by Crippen LogP contribution is 2.28. The second-order valence-corrected chi connectivity index (χ2v) is 5.01. The minimum atomic E-state index is -0.398. The fourth-order valence-electron chi connectivity index (χ4n) is 1.80. The Morgan fingerprint density at radius 2 is 1.85 bits per heavy atom. The quantitative estimate of drug-likeness (QED) is 0.493. The van der Waals surface area contributed by atoms with Crippen molar-refractivity contribution in [2.24, 2.45) is 0 Å². The van der Waals surface area contributed by atoms with Gasteiger partial charge in [0, 0.05) is 41.1 Å². The molecule has 0 aliphatic carbocycles. The van der Waals surface area contributed by atoms with Gasteiger partial charge in [0.2, 0.25) is 0 Å². The molecular weight excluding hydrogens is 274 g/mol. The summed E-state index contributed by atoms with van der Waals surface area (Å²) >= 11 is 1.65. The van der Waals surface area contributed by atoms with Crippen molar-refractivity contribution in [2.45, 2.75) is 4.90 Å². The normalized spacial score (nSPS) is 10.1. The summed E-state index contributed by atoms with van der Waals surface area (Å²) in [6.07, 6.45) is 2.01. The first-order valence-electron chi connectivity index (χ1n) is 6.00. The molecule has 0 bridgehead atoms. The summed E-state index contributed by atoms with van der Waals surface area (Å²) in [6, 6.07) is 12.8. The molecule has 0 unspecified atom stereocenters. The van der Waals surface area contributed by atoms with Gasteiger partial charge in [-0.15, -0.1) is 11.8 Å². The Hall–Kier alpha value is -2.21. The number of nitro groups is 1. The van der Waals surface area contributed by atoms with E-state index in [-0.39, 0.29) is 5.69 Å². The first-order valence-corrected chi connectivity index (χ1v) is 7.23. The zero-order chi connectivity index (χ0) is 14.5. The zero-order valence-electron chi connectivity index (χ0n) is 11.2. The molecule has 6 heteroatoms. The Balaban J connectivity index is 2.32. The van der Waals surface area contributed by atoms with Crippen molar-refractivity contribution in [2.75, 3.05) is 23.9 Å². The van der Waals surface area contributed by atoms with E-state index in [1.54, 1.807) is 18.8 Å². The maximum atomic E-state index is 10.9. The van der Waals surface area contributed by atoms with Crippen molar-refractivity contribution in [1.82, 2.24) is 0 Å². The fourth-order valence-corrected chi connectivity index (χ4v) is 2.26. The summed E-state index contributed by atoms with van der Waals surface area (Å²) in [7, 11) is 1.73. The molecule has 2 aromatic carbocycles. The van der Waals surface area contributed by atoms with Crippen LogP contribution in [0.4, 0.5) is 22.7 Å². The molecule has 5 nitrogen and oxygen atoms in total. The van der Waals surface area contributed by atoms with Crippen LogP contribution in [0.15, 0.2) is 47.4 Å². The van der Waals surface area contributed by atoms with E-state index < -0.39 is 4.92 Å². The van der Waals surface area contributed by atoms with Crippen LogP contribution < -0.4 is 10.6 Å². The van der Waals surface area contributed by atoms with E-state index >= 15 is 0 Å². The van der Waals surface area contributed by atoms with Gasteiger partial charge in [-0.2, -0.15) is 0 Å². The van der Waals surface area contributed by atoms with Crippen LogP contribution >= 0.6 is 11.8 Å². The Labute approximate surface area is 121 Å². The molecule has 0 spiro atoms. The molecule has 0 aliphatic heterocycles. The molecule has 20 heavy (non-hydrogen) atoms. The molecule has 0 aliphatic rings. The highest BCUT2D eigenvalue weighted by molar-refractivity contribution is 7.98. The van der Waals surface area contributed by atoms with E-state index in [1.807, 2.05) is 36.6 Å². The molecule has 2 N–H and O–H groups in total. The van der Waals surface area contributed by atoms with E-state index in [0.29, 0.717) is 11.4 Å². The van der Waals surface area contributed by atoms with Gasteiger partial charge in [0.05, 0.1) is 4.92 Å². The molecule has 2 aromatic rings. The molecule has 0 saturated carbocycles. The lowest BCUT2D eigenvalue weighted by Gasteiger charge is -2.09. The van der Waals surface area contributed by atoms with Gasteiger partial charge in [-0.3, -0.25) is 10.1 Å². The number of nitrogens with one attached hydrogen (secondary N) is 2.